The highest BCUT2D eigenvalue weighted by Crippen LogP contribution is 2.18. The summed E-state index contributed by atoms with van der Waals surface area (Å²) >= 11 is 1.44. The van der Waals surface area contributed by atoms with Crippen LogP contribution in [0.5, 0.6) is 0 Å². The minimum atomic E-state index is 0.0810. The molecule has 0 radical (unpaired) electrons. The summed E-state index contributed by atoms with van der Waals surface area (Å²) in [5.41, 5.74) is 0.824. The van der Waals surface area contributed by atoms with Crippen molar-refractivity contribution in [1.82, 2.24) is 4.98 Å². The molecule has 1 aromatic heterocycles. The van der Waals surface area contributed by atoms with E-state index in [1.807, 2.05) is 13.8 Å². The van der Waals surface area contributed by atoms with E-state index in [-0.39, 0.29) is 5.78 Å². The van der Waals surface area contributed by atoms with Gasteiger partial charge < -0.3 is 0 Å². The quantitative estimate of drug-likeness (QED) is 0.533. The average Bonchev–Trinajstić information content (AvgIpc) is 2.41. The Kier molecular flexibility index (Phi) is 3.21. The van der Waals surface area contributed by atoms with E-state index >= 15 is 0 Å². The van der Waals surface area contributed by atoms with Gasteiger partial charge in [-0.3, -0.25) is 4.79 Å². The van der Waals surface area contributed by atoms with Gasteiger partial charge in [-0.2, -0.15) is 0 Å². The first-order valence-corrected chi connectivity index (χ1v) is 4.83. The third-order valence-corrected chi connectivity index (χ3v) is 2.70. The van der Waals surface area contributed by atoms with Gasteiger partial charge in [-0.05, 0) is 20.8 Å². The molecule has 1 aromatic rings. The van der Waals surface area contributed by atoms with Gasteiger partial charge in [-0.1, -0.05) is 5.92 Å². The Balaban J connectivity index is 2.86. The van der Waals surface area contributed by atoms with E-state index < -0.39 is 0 Å². The van der Waals surface area contributed by atoms with E-state index in [4.69, 9.17) is 0 Å². The van der Waals surface area contributed by atoms with Crippen LogP contribution in [0.4, 0.5) is 0 Å². The maximum Gasteiger partial charge on any atom is 0.186 e. The average molecular weight is 193 g/mol. The highest BCUT2D eigenvalue weighted by molar-refractivity contribution is 7.13. The maximum atomic E-state index is 11.5. The fourth-order valence-electron chi connectivity index (χ4n) is 1.04. The molecule has 0 N–H and O–H groups in total. The number of aromatic nitrogens is 1. The van der Waals surface area contributed by atoms with Gasteiger partial charge in [0.25, 0.3) is 0 Å². The Hall–Kier alpha value is -1.14. The second-order valence-electron chi connectivity index (χ2n) is 2.67. The maximum absolute atomic E-state index is 11.5. The molecule has 0 atom stereocenters. The fourth-order valence-corrected chi connectivity index (χ4v) is 1.90. The molecule has 0 saturated heterocycles. The van der Waals surface area contributed by atoms with E-state index in [9.17, 15) is 4.79 Å². The molecule has 0 aliphatic rings. The predicted molar refractivity (Wildman–Crippen MR) is 54.0 cm³/mol. The van der Waals surface area contributed by atoms with Gasteiger partial charge in [-0.15, -0.1) is 17.3 Å². The lowest BCUT2D eigenvalue weighted by Gasteiger charge is -1.90. The molecule has 0 spiro atoms. The molecule has 13 heavy (non-hydrogen) atoms. The summed E-state index contributed by atoms with van der Waals surface area (Å²) in [4.78, 5) is 16.4. The molecule has 0 unspecified atom stereocenters. The molecule has 0 aliphatic heterocycles. The summed E-state index contributed by atoms with van der Waals surface area (Å²) in [5, 5.41) is 0.935. The number of nitrogens with zero attached hydrogens (tertiary/aromatic N) is 1. The highest BCUT2D eigenvalue weighted by Gasteiger charge is 2.11. The van der Waals surface area contributed by atoms with Crippen molar-refractivity contribution in [2.45, 2.75) is 27.2 Å². The molecule has 2 nitrogen and oxygen atoms in total. The molecular formula is C10H11NOS. The summed E-state index contributed by atoms with van der Waals surface area (Å²) in [6.07, 6.45) is 0.305. The van der Waals surface area contributed by atoms with E-state index in [0.29, 0.717) is 6.42 Å². The molecule has 0 aromatic carbocycles. The molecule has 68 valence electrons. The molecule has 0 aliphatic carbocycles. The molecule has 0 amide bonds. The first-order valence-electron chi connectivity index (χ1n) is 4.02. The molecular weight excluding hydrogens is 182 g/mol. The molecule has 0 bridgehead atoms. The number of ketones is 1. The Morgan fingerprint density at radius 3 is 2.69 bits per heavy atom. The normalized spacial score (nSPS) is 9.15. The van der Waals surface area contributed by atoms with Crippen LogP contribution in [-0.4, -0.2) is 10.8 Å². The van der Waals surface area contributed by atoms with Gasteiger partial charge in [0, 0.05) is 0 Å². The van der Waals surface area contributed by atoms with E-state index in [0.717, 1.165) is 15.6 Å². The Bertz CT molecular complexity index is 381. The van der Waals surface area contributed by atoms with Crippen molar-refractivity contribution in [3.8, 4) is 11.8 Å². The van der Waals surface area contributed by atoms with Crippen molar-refractivity contribution in [3.63, 3.8) is 0 Å². The van der Waals surface area contributed by atoms with Crippen LogP contribution in [0, 0.1) is 25.7 Å². The van der Waals surface area contributed by atoms with Crippen LogP contribution in [0.15, 0.2) is 0 Å². The number of thiazole rings is 1. The molecule has 0 saturated carbocycles. The summed E-state index contributed by atoms with van der Waals surface area (Å²) in [6.45, 7) is 5.49. The third-order valence-electron chi connectivity index (χ3n) is 1.58. The fraction of sp³-hybridized carbons (Fsp3) is 0.400. The van der Waals surface area contributed by atoms with Crippen molar-refractivity contribution < 1.29 is 4.79 Å². The van der Waals surface area contributed by atoms with E-state index in [1.54, 1.807) is 6.92 Å². The predicted octanol–water partition coefficient (Wildman–Crippen LogP) is 2.36. The summed E-state index contributed by atoms with van der Waals surface area (Å²) in [7, 11) is 0. The Morgan fingerprint density at radius 2 is 2.23 bits per heavy atom. The zero-order valence-corrected chi connectivity index (χ0v) is 8.79. The third kappa shape index (κ3) is 2.40. The van der Waals surface area contributed by atoms with Crippen LogP contribution in [0.1, 0.15) is 33.7 Å². The first kappa shape index (κ1) is 9.94. The van der Waals surface area contributed by atoms with Gasteiger partial charge in [-0.25, -0.2) is 4.98 Å². The molecule has 0 fully saturated rings. The first-order chi connectivity index (χ1) is 6.15. The molecule has 1 heterocycles. The van der Waals surface area contributed by atoms with Crippen LogP contribution >= 0.6 is 11.3 Å². The van der Waals surface area contributed by atoms with Crippen LogP contribution < -0.4 is 0 Å². The van der Waals surface area contributed by atoms with Gasteiger partial charge in [0.2, 0.25) is 0 Å². The number of hydrogen-bond donors (Lipinski definition) is 0. The number of hydrogen-bond acceptors (Lipinski definition) is 3. The minimum absolute atomic E-state index is 0.0810. The van der Waals surface area contributed by atoms with Crippen molar-refractivity contribution >= 4 is 17.1 Å². The van der Waals surface area contributed by atoms with Gasteiger partial charge in [0.15, 0.2) is 5.78 Å². The van der Waals surface area contributed by atoms with Gasteiger partial charge >= 0.3 is 0 Å². The van der Waals surface area contributed by atoms with Gasteiger partial charge in [0.05, 0.1) is 22.0 Å². The highest BCUT2D eigenvalue weighted by atomic mass is 32.1. The largest absolute Gasteiger partial charge is 0.292 e. The van der Waals surface area contributed by atoms with Crippen molar-refractivity contribution in [2.75, 3.05) is 0 Å². The van der Waals surface area contributed by atoms with Crippen molar-refractivity contribution in [1.29, 1.82) is 0 Å². The second kappa shape index (κ2) is 4.20. The number of carbonyl (C=O) groups is 1. The number of aryl methyl sites for hydroxylation is 2. The molecule has 3 heteroatoms. The van der Waals surface area contributed by atoms with E-state index in [2.05, 4.69) is 16.8 Å². The van der Waals surface area contributed by atoms with Crippen LogP contribution in [0.2, 0.25) is 0 Å². The van der Waals surface area contributed by atoms with Crippen LogP contribution in [-0.2, 0) is 0 Å². The zero-order valence-electron chi connectivity index (χ0n) is 7.97. The standard InChI is InChI=1S/C10H11NOS/c1-4-5-6-9(12)10-7(2)11-8(3)13-10/h6H2,1-3H3. The van der Waals surface area contributed by atoms with Crippen molar-refractivity contribution in [3.05, 3.63) is 15.6 Å². The number of carbonyl (C=O) groups excluding carboxylic acids is 1. The Labute approximate surface area is 82.0 Å². The lowest BCUT2D eigenvalue weighted by Crippen LogP contribution is -1.96. The zero-order chi connectivity index (χ0) is 9.84. The Morgan fingerprint density at radius 1 is 1.54 bits per heavy atom. The second-order valence-corrected chi connectivity index (χ2v) is 3.88. The number of Topliss-reactive ketones (excluding diaryl/α,β-unsaturated/α-hetero) is 1. The van der Waals surface area contributed by atoms with Crippen LogP contribution in [0.25, 0.3) is 0 Å². The molecule has 1 rings (SSSR count). The lowest BCUT2D eigenvalue weighted by molar-refractivity contribution is 0.100. The lowest BCUT2D eigenvalue weighted by atomic mass is 10.2. The summed E-state index contributed by atoms with van der Waals surface area (Å²) in [6, 6.07) is 0. The minimum Gasteiger partial charge on any atom is -0.292 e. The van der Waals surface area contributed by atoms with Crippen LogP contribution in [0.3, 0.4) is 0 Å². The summed E-state index contributed by atoms with van der Waals surface area (Å²) < 4.78 is 0. The van der Waals surface area contributed by atoms with Crippen molar-refractivity contribution in [2.24, 2.45) is 0 Å². The topological polar surface area (TPSA) is 30.0 Å². The monoisotopic (exact) mass is 193 g/mol. The SMILES string of the molecule is CC#CCC(=O)c1sc(C)nc1C. The summed E-state index contributed by atoms with van der Waals surface area (Å²) in [5.74, 6) is 5.55. The smallest absolute Gasteiger partial charge is 0.186 e. The number of rotatable bonds is 2. The van der Waals surface area contributed by atoms with E-state index in [1.165, 1.54) is 11.3 Å². The van der Waals surface area contributed by atoms with Gasteiger partial charge in [0.1, 0.15) is 0 Å².